The highest BCUT2D eigenvalue weighted by Gasteiger charge is 2.31. The normalized spacial score (nSPS) is 12.7. The van der Waals surface area contributed by atoms with Crippen molar-refractivity contribution in [1.29, 1.82) is 0 Å². The van der Waals surface area contributed by atoms with E-state index in [-0.39, 0.29) is 11.0 Å². The van der Waals surface area contributed by atoms with Gasteiger partial charge in [0.2, 0.25) is 0 Å². The van der Waals surface area contributed by atoms with E-state index in [0.29, 0.717) is 11.8 Å². The molecule has 0 spiro atoms. The summed E-state index contributed by atoms with van der Waals surface area (Å²) < 4.78 is 5.49. The molecule has 1 nitrogen and oxygen atoms in total. The summed E-state index contributed by atoms with van der Waals surface area (Å²) in [5.41, 5.74) is 1.11. The van der Waals surface area contributed by atoms with E-state index >= 15 is 0 Å². The number of alkyl halides is 2. The third kappa shape index (κ3) is 5.33. The molecule has 0 saturated heterocycles. The summed E-state index contributed by atoms with van der Waals surface area (Å²) in [5, 5.41) is 0. The van der Waals surface area contributed by atoms with Crippen molar-refractivity contribution < 1.29 is 4.74 Å². The molecule has 0 saturated carbocycles. The zero-order valence-electron chi connectivity index (χ0n) is 12.1. The summed E-state index contributed by atoms with van der Waals surface area (Å²) in [7, 11) is 1.75. The van der Waals surface area contributed by atoms with Crippen molar-refractivity contribution in [2.75, 3.05) is 18.9 Å². The van der Waals surface area contributed by atoms with Gasteiger partial charge >= 0.3 is 0 Å². The first kappa shape index (κ1) is 16.8. The molecule has 0 aliphatic heterocycles. The highest BCUT2D eigenvalue weighted by atomic mass is 35.5. The molecule has 1 rings (SSSR count). The highest BCUT2D eigenvalue weighted by molar-refractivity contribution is 6.21. The van der Waals surface area contributed by atoms with Gasteiger partial charge in [-0.1, -0.05) is 30.3 Å². The molecule has 19 heavy (non-hydrogen) atoms. The predicted octanol–water partition coefficient (Wildman–Crippen LogP) is 4.90. The fraction of sp³-hybridized carbons (Fsp3) is 0.625. The van der Waals surface area contributed by atoms with E-state index in [4.69, 9.17) is 27.9 Å². The lowest BCUT2D eigenvalue weighted by atomic mass is 9.79. The van der Waals surface area contributed by atoms with Gasteiger partial charge in [-0.15, -0.1) is 23.2 Å². The van der Waals surface area contributed by atoms with E-state index in [2.05, 4.69) is 38.1 Å². The fourth-order valence-electron chi connectivity index (χ4n) is 2.05. The lowest BCUT2D eigenvalue weighted by Gasteiger charge is -2.33. The minimum absolute atomic E-state index is 0.0553. The Morgan fingerprint density at radius 1 is 1.00 bits per heavy atom. The molecule has 0 heterocycles. The summed E-state index contributed by atoms with van der Waals surface area (Å²) in [6.07, 6.45) is 2.84. The van der Waals surface area contributed by atoms with Crippen LogP contribution in [0.1, 0.15) is 32.3 Å². The fourth-order valence-corrected chi connectivity index (χ4v) is 2.79. The molecule has 108 valence electrons. The van der Waals surface area contributed by atoms with Crippen molar-refractivity contribution in [3.8, 4) is 0 Å². The van der Waals surface area contributed by atoms with E-state index < -0.39 is 0 Å². The first-order valence-corrected chi connectivity index (χ1v) is 7.75. The predicted molar refractivity (Wildman–Crippen MR) is 84.3 cm³/mol. The lowest BCUT2D eigenvalue weighted by Crippen LogP contribution is -2.32. The molecular weight excluding hydrogens is 279 g/mol. The number of halogens is 2. The number of methoxy groups -OCH3 is 1. The van der Waals surface area contributed by atoms with Crippen LogP contribution in [0.25, 0.3) is 0 Å². The van der Waals surface area contributed by atoms with Gasteiger partial charge in [-0.2, -0.15) is 0 Å². The Morgan fingerprint density at radius 2 is 1.58 bits per heavy atom. The Bertz CT molecular complexity index is 358. The molecule has 0 bridgehead atoms. The van der Waals surface area contributed by atoms with Crippen molar-refractivity contribution in [2.24, 2.45) is 5.41 Å². The summed E-state index contributed by atoms with van der Waals surface area (Å²) >= 11 is 12.4. The van der Waals surface area contributed by atoms with E-state index in [1.807, 2.05) is 6.07 Å². The topological polar surface area (TPSA) is 9.23 Å². The minimum Gasteiger partial charge on any atom is -0.379 e. The van der Waals surface area contributed by atoms with Crippen LogP contribution in [0.15, 0.2) is 30.3 Å². The first-order chi connectivity index (χ1) is 8.97. The van der Waals surface area contributed by atoms with E-state index in [1.54, 1.807) is 7.11 Å². The number of hydrogen-bond donors (Lipinski definition) is 0. The highest BCUT2D eigenvalue weighted by Crippen LogP contribution is 2.34. The Labute approximate surface area is 127 Å². The van der Waals surface area contributed by atoms with Crippen LogP contribution in [-0.4, -0.2) is 24.5 Å². The molecule has 0 aliphatic rings. The van der Waals surface area contributed by atoms with E-state index in [0.717, 1.165) is 19.3 Å². The van der Waals surface area contributed by atoms with Crippen LogP contribution >= 0.6 is 23.2 Å². The van der Waals surface area contributed by atoms with Crippen LogP contribution in [0.3, 0.4) is 0 Å². The SMILES string of the molecule is COC(C)(C)CCC(CCl)(CCl)Cc1ccccc1. The molecule has 0 N–H and O–H groups in total. The maximum atomic E-state index is 6.22. The van der Waals surface area contributed by atoms with Crippen LogP contribution in [-0.2, 0) is 11.2 Å². The zero-order valence-corrected chi connectivity index (χ0v) is 13.6. The molecule has 0 aromatic heterocycles. The van der Waals surface area contributed by atoms with Crippen LogP contribution in [0.5, 0.6) is 0 Å². The molecule has 0 atom stereocenters. The van der Waals surface area contributed by atoms with Gasteiger partial charge in [0, 0.05) is 24.3 Å². The Balaban J connectivity index is 2.74. The Morgan fingerprint density at radius 3 is 2.05 bits per heavy atom. The van der Waals surface area contributed by atoms with Crippen molar-refractivity contribution >= 4 is 23.2 Å². The lowest BCUT2D eigenvalue weighted by molar-refractivity contribution is 0.00633. The molecular formula is C16H24Cl2O. The largest absolute Gasteiger partial charge is 0.379 e. The van der Waals surface area contributed by atoms with Gasteiger partial charge < -0.3 is 4.74 Å². The van der Waals surface area contributed by atoms with Gasteiger partial charge in [0.15, 0.2) is 0 Å². The maximum Gasteiger partial charge on any atom is 0.0623 e. The van der Waals surface area contributed by atoms with Gasteiger partial charge in [0.05, 0.1) is 5.60 Å². The average molecular weight is 303 g/mol. The summed E-state index contributed by atoms with van der Waals surface area (Å²) in [4.78, 5) is 0. The van der Waals surface area contributed by atoms with E-state index in [1.165, 1.54) is 5.56 Å². The molecule has 1 aromatic carbocycles. The quantitative estimate of drug-likeness (QED) is 0.621. The summed E-state index contributed by atoms with van der Waals surface area (Å²) in [6.45, 7) is 4.20. The Kier molecular flexibility index (Phi) is 6.65. The number of ether oxygens (including phenoxy) is 1. The molecule has 0 fully saturated rings. The van der Waals surface area contributed by atoms with Gasteiger partial charge in [-0.05, 0) is 38.7 Å². The summed E-state index contributed by atoms with van der Waals surface area (Å²) in [5.74, 6) is 1.15. The second-order valence-electron chi connectivity index (χ2n) is 5.89. The molecule has 0 unspecified atom stereocenters. The molecule has 0 aliphatic carbocycles. The van der Waals surface area contributed by atoms with Crippen LogP contribution in [0, 0.1) is 5.41 Å². The third-order valence-corrected chi connectivity index (χ3v) is 4.93. The molecule has 3 heteroatoms. The smallest absolute Gasteiger partial charge is 0.0623 e. The monoisotopic (exact) mass is 302 g/mol. The Hall–Kier alpha value is -0.240. The number of benzene rings is 1. The van der Waals surface area contributed by atoms with Crippen LogP contribution in [0.4, 0.5) is 0 Å². The number of hydrogen-bond acceptors (Lipinski definition) is 1. The van der Waals surface area contributed by atoms with Gasteiger partial charge in [0.1, 0.15) is 0 Å². The second kappa shape index (κ2) is 7.52. The van der Waals surface area contributed by atoms with Gasteiger partial charge in [0.25, 0.3) is 0 Å². The van der Waals surface area contributed by atoms with Crippen molar-refractivity contribution in [1.82, 2.24) is 0 Å². The van der Waals surface area contributed by atoms with Crippen molar-refractivity contribution in [2.45, 2.75) is 38.7 Å². The maximum absolute atomic E-state index is 6.22. The number of rotatable bonds is 8. The average Bonchev–Trinajstić information content (AvgIpc) is 2.45. The molecule has 0 radical (unpaired) electrons. The van der Waals surface area contributed by atoms with Gasteiger partial charge in [-0.25, -0.2) is 0 Å². The third-order valence-electron chi connectivity index (χ3n) is 3.80. The van der Waals surface area contributed by atoms with Crippen LogP contribution < -0.4 is 0 Å². The van der Waals surface area contributed by atoms with Crippen molar-refractivity contribution in [3.05, 3.63) is 35.9 Å². The molecule has 0 amide bonds. The van der Waals surface area contributed by atoms with E-state index in [9.17, 15) is 0 Å². The standard InChI is InChI=1S/C16H24Cl2O/c1-15(2,19-3)9-10-16(12-17,13-18)11-14-7-5-4-6-8-14/h4-8H,9-13H2,1-3H3. The summed E-state index contributed by atoms with van der Waals surface area (Å²) in [6, 6.07) is 10.4. The zero-order chi connectivity index (χ0) is 14.4. The second-order valence-corrected chi connectivity index (χ2v) is 6.43. The van der Waals surface area contributed by atoms with Crippen LogP contribution in [0.2, 0.25) is 0 Å². The van der Waals surface area contributed by atoms with Gasteiger partial charge in [-0.3, -0.25) is 0 Å². The minimum atomic E-state index is -0.125. The first-order valence-electron chi connectivity index (χ1n) is 6.68. The van der Waals surface area contributed by atoms with Crippen molar-refractivity contribution in [3.63, 3.8) is 0 Å². The molecule has 1 aromatic rings.